The molecule has 0 saturated carbocycles. The zero-order chi connectivity index (χ0) is 24.7. The molecule has 2 aromatic rings. The molecule has 3 aliphatic heterocycles. The van der Waals surface area contributed by atoms with Gasteiger partial charge in [-0.05, 0) is 37.1 Å². The molecule has 196 valence electrons. The van der Waals surface area contributed by atoms with Crippen LogP contribution in [0.15, 0.2) is 36.4 Å². The molecule has 3 saturated heterocycles. The van der Waals surface area contributed by atoms with Crippen LogP contribution < -0.4 is 28.7 Å². The lowest BCUT2D eigenvalue weighted by Crippen LogP contribution is -2.46. The molecule has 3 heterocycles. The van der Waals surface area contributed by atoms with Gasteiger partial charge in [-0.2, -0.15) is 0 Å². The van der Waals surface area contributed by atoms with Crippen molar-refractivity contribution in [3.63, 3.8) is 0 Å². The number of benzene rings is 2. The number of ether oxygens (including phenoxy) is 6. The number of rotatable bonds is 14. The molecule has 3 aliphatic rings. The van der Waals surface area contributed by atoms with Crippen LogP contribution in [0.4, 0.5) is 11.4 Å². The Balaban J connectivity index is 1.21. The third-order valence-electron chi connectivity index (χ3n) is 6.44. The zero-order valence-electron chi connectivity index (χ0n) is 21.4. The predicted octanol–water partition coefficient (Wildman–Crippen LogP) is 4.15. The van der Waals surface area contributed by atoms with Gasteiger partial charge in [0.2, 0.25) is 0 Å². The molecule has 0 N–H and O–H groups in total. The monoisotopic (exact) mass is 498 g/mol. The first-order valence-corrected chi connectivity index (χ1v) is 13.3. The van der Waals surface area contributed by atoms with Crippen LogP contribution in [0.5, 0.6) is 23.0 Å². The molecule has 2 aromatic carbocycles. The highest BCUT2D eigenvalue weighted by Crippen LogP contribution is 2.35. The van der Waals surface area contributed by atoms with Crippen LogP contribution in [-0.2, 0) is 9.47 Å². The quantitative estimate of drug-likeness (QED) is 0.360. The summed E-state index contributed by atoms with van der Waals surface area (Å²) in [5, 5.41) is 0. The smallest absolute Gasteiger partial charge is 0.163 e. The first kappa shape index (κ1) is 24.8. The molecule has 0 radical (unpaired) electrons. The molecule has 0 aromatic heterocycles. The summed E-state index contributed by atoms with van der Waals surface area (Å²) >= 11 is 0. The lowest BCUT2D eigenvalue weighted by molar-refractivity contribution is 0.241. The van der Waals surface area contributed by atoms with Gasteiger partial charge < -0.3 is 38.2 Å². The van der Waals surface area contributed by atoms with Gasteiger partial charge in [-0.3, -0.25) is 0 Å². The van der Waals surface area contributed by atoms with E-state index in [0.717, 1.165) is 86.6 Å². The van der Waals surface area contributed by atoms with Gasteiger partial charge in [-0.15, -0.1) is 0 Å². The fourth-order valence-electron chi connectivity index (χ4n) is 4.19. The van der Waals surface area contributed by atoms with Crippen LogP contribution in [0.1, 0.15) is 26.7 Å². The molecule has 8 nitrogen and oxygen atoms in total. The van der Waals surface area contributed by atoms with E-state index in [-0.39, 0.29) is 12.2 Å². The van der Waals surface area contributed by atoms with E-state index in [1.54, 1.807) is 0 Å². The Labute approximate surface area is 214 Å². The maximum atomic E-state index is 6.02. The topological polar surface area (TPSA) is 68.5 Å². The maximum Gasteiger partial charge on any atom is 0.163 e. The third kappa shape index (κ3) is 6.68. The van der Waals surface area contributed by atoms with Crippen molar-refractivity contribution >= 4 is 11.4 Å². The molecular formula is C28H38N2O6. The van der Waals surface area contributed by atoms with Crippen molar-refractivity contribution in [2.75, 3.05) is 75.6 Å². The number of epoxide rings is 2. The molecule has 3 fully saturated rings. The molecule has 0 amide bonds. The number of piperazine rings is 1. The Morgan fingerprint density at radius 3 is 1.42 bits per heavy atom. The molecular weight excluding hydrogens is 460 g/mol. The fraction of sp³-hybridized carbons (Fsp3) is 0.571. The second-order valence-electron chi connectivity index (χ2n) is 9.47. The Hall–Kier alpha value is -2.84. The molecule has 2 atom stereocenters. The van der Waals surface area contributed by atoms with Crippen LogP contribution in [0.2, 0.25) is 0 Å². The summed E-state index contributed by atoms with van der Waals surface area (Å²) in [4.78, 5) is 4.81. The van der Waals surface area contributed by atoms with Crippen molar-refractivity contribution in [2.24, 2.45) is 0 Å². The number of hydrogen-bond acceptors (Lipinski definition) is 8. The molecule has 2 unspecified atom stereocenters. The highest BCUT2D eigenvalue weighted by molar-refractivity contribution is 5.60. The van der Waals surface area contributed by atoms with E-state index in [2.05, 4.69) is 47.9 Å². The standard InChI is InChI=1S/C28H38N2O6/c1-3-13-31-27-15-21(5-7-25(27)35-19-23-17-33-23)29-9-11-30(12-10-29)22-6-8-26(36-20-24-18-34-24)28(16-22)32-14-4-2/h5-8,15-16,23-24H,3-4,9-14,17-20H2,1-2H3. The van der Waals surface area contributed by atoms with E-state index in [0.29, 0.717) is 26.4 Å². The first-order chi connectivity index (χ1) is 17.7. The van der Waals surface area contributed by atoms with Crippen LogP contribution in [0.25, 0.3) is 0 Å². The Morgan fingerprint density at radius 1 is 0.639 bits per heavy atom. The summed E-state index contributed by atoms with van der Waals surface area (Å²) in [6.07, 6.45) is 2.35. The van der Waals surface area contributed by atoms with E-state index < -0.39 is 0 Å². The zero-order valence-corrected chi connectivity index (χ0v) is 21.4. The summed E-state index contributed by atoms with van der Waals surface area (Å²) in [5.41, 5.74) is 2.32. The summed E-state index contributed by atoms with van der Waals surface area (Å²) in [5.74, 6) is 3.19. The van der Waals surface area contributed by atoms with E-state index in [4.69, 9.17) is 28.4 Å². The summed E-state index contributed by atoms with van der Waals surface area (Å²) in [6.45, 7) is 12.0. The van der Waals surface area contributed by atoms with Gasteiger partial charge in [0, 0.05) is 49.7 Å². The van der Waals surface area contributed by atoms with Gasteiger partial charge in [-0.1, -0.05) is 13.8 Å². The van der Waals surface area contributed by atoms with Crippen LogP contribution in [0, 0.1) is 0 Å². The summed E-state index contributed by atoms with van der Waals surface area (Å²) in [7, 11) is 0. The second-order valence-corrected chi connectivity index (χ2v) is 9.47. The second kappa shape index (κ2) is 11.9. The van der Waals surface area contributed by atoms with E-state index in [9.17, 15) is 0 Å². The van der Waals surface area contributed by atoms with Crippen molar-refractivity contribution < 1.29 is 28.4 Å². The summed E-state index contributed by atoms with van der Waals surface area (Å²) in [6, 6.07) is 12.5. The third-order valence-corrected chi connectivity index (χ3v) is 6.44. The average molecular weight is 499 g/mol. The van der Waals surface area contributed by atoms with E-state index >= 15 is 0 Å². The SMILES string of the molecule is CCCOc1cc(N2CCN(c3ccc(OCC4CO4)c(OCCC)c3)CC2)ccc1OCC1CO1. The molecule has 36 heavy (non-hydrogen) atoms. The van der Waals surface area contributed by atoms with Crippen molar-refractivity contribution in [2.45, 2.75) is 38.9 Å². The fourth-order valence-corrected chi connectivity index (χ4v) is 4.19. The first-order valence-electron chi connectivity index (χ1n) is 13.3. The Kier molecular flexibility index (Phi) is 8.23. The van der Waals surface area contributed by atoms with E-state index in [1.807, 2.05) is 12.1 Å². The van der Waals surface area contributed by atoms with Gasteiger partial charge in [0.05, 0.1) is 26.4 Å². The Morgan fingerprint density at radius 2 is 1.06 bits per heavy atom. The van der Waals surface area contributed by atoms with Crippen LogP contribution >= 0.6 is 0 Å². The maximum absolute atomic E-state index is 6.02. The van der Waals surface area contributed by atoms with Gasteiger partial charge in [-0.25, -0.2) is 0 Å². The molecule has 0 spiro atoms. The van der Waals surface area contributed by atoms with E-state index in [1.165, 1.54) is 0 Å². The highest BCUT2D eigenvalue weighted by atomic mass is 16.6. The van der Waals surface area contributed by atoms with Gasteiger partial charge in [0.1, 0.15) is 25.4 Å². The van der Waals surface area contributed by atoms with Gasteiger partial charge in [0.25, 0.3) is 0 Å². The van der Waals surface area contributed by atoms with Crippen LogP contribution in [0.3, 0.4) is 0 Å². The lowest BCUT2D eigenvalue weighted by Gasteiger charge is -2.37. The lowest BCUT2D eigenvalue weighted by atomic mass is 10.2. The van der Waals surface area contributed by atoms with Crippen LogP contribution in [-0.4, -0.2) is 78.0 Å². The van der Waals surface area contributed by atoms with Crippen molar-refractivity contribution in [3.05, 3.63) is 36.4 Å². The van der Waals surface area contributed by atoms with Crippen molar-refractivity contribution in [1.29, 1.82) is 0 Å². The normalized spacial score (nSPS) is 20.7. The molecule has 8 heteroatoms. The van der Waals surface area contributed by atoms with Crippen molar-refractivity contribution in [3.8, 4) is 23.0 Å². The minimum Gasteiger partial charge on any atom is -0.490 e. The molecule has 0 bridgehead atoms. The number of nitrogens with zero attached hydrogens (tertiary/aromatic N) is 2. The van der Waals surface area contributed by atoms with Gasteiger partial charge >= 0.3 is 0 Å². The number of anilines is 2. The minimum absolute atomic E-state index is 0.220. The molecule has 5 rings (SSSR count). The Bertz CT molecular complexity index is 907. The summed E-state index contributed by atoms with van der Waals surface area (Å²) < 4.78 is 34.5. The number of hydrogen-bond donors (Lipinski definition) is 0. The predicted molar refractivity (Wildman–Crippen MR) is 139 cm³/mol. The minimum atomic E-state index is 0.220. The highest BCUT2D eigenvalue weighted by Gasteiger charge is 2.26. The average Bonchev–Trinajstić information content (AvgIpc) is 3.84. The molecule has 0 aliphatic carbocycles. The largest absolute Gasteiger partial charge is 0.490 e. The van der Waals surface area contributed by atoms with Gasteiger partial charge in [0.15, 0.2) is 23.0 Å². The van der Waals surface area contributed by atoms with Crippen molar-refractivity contribution in [1.82, 2.24) is 0 Å².